The van der Waals surface area contributed by atoms with Crippen LogP contribution in [0.15, 0.2) is 24.3 Å². The van der Waals surface area contributed by atoms with Crippen molar-refractivity contribution in [2.45, 2.75) is 72.1 Å². The molecule has 0 aliphatic carbocycles. The number of ether oxygens (including phenoxy) is 1. The van der Waals surface area contributed by atoms with E-state index in [4.69, 9.17) is 4.74 Å². The van der Waals surface area contributed by atoms with Crippen molar-refractivity contribution < 1.29 is 4.74 Å². The summed E-state index contributed by atoms with van der Waals surface area (Å²) < 4.78 is 6.04. The summed E-state index contributed by atoms with van der Waals surface area (Å²) in [5.74, 6) is 1.09. The van der Waals surface area contributed by atoms with Crippen molar-refractivity contribution in [3.8, 4) is 5.75 Å². The first-order chi connectivity index (χ1) is 11.3. The minimum Gasteiger partial charge on any atom is -0.492 e. The second-order valence-corrected chi connectivity index (χ2v) is 6.35. The molecule has 0 heterocycles. The van der Waals surface area contributed by atoms with Gasteiger partial charge >= 0.3 is 0 Å². The molecule has 24 heavy (non-hydrogen) atoms. The Morgan fingerprint density at radius 3 is 2.12 bits per heavy atom. The highest BCUT2D eigenvalue weighted by Crippen LogP contribution is 2.21. The summed E-state index contributed by atoms with van der Waals surface area (Å²) in [5, 5.41) is 0. The minimum absolute atomic E-state index is 0. The number of aryl methyl sites for hydroxylation is 1. The van der Waals surface area contributed by atoms with Gasteiger partial charge in [0.2, 0.25) is 0 Å². The molecule has 1 rings (SSSR count). The maximum Gasteiger partial charge on any atom is 0.122 e. The molecule has 0 fully saturated rings. The Balaban J connectivity index is 0.00000529. The highest BCUT2D eigenvalue weighted by atomic mass is 35.5. The van der Waals surface area contributed by atoms with Gasteiger partial charge in [-0.05, 0) is 37.6 Å². The van der Waals surface area contributed by atoms with Crippen molar-refractivity contribution in [1.82, 2.24) is 4.90 Å². The van der Waals surface area contributed by atoms with E-state index in [0.29, 0.717) is 0 Å². The maximum atomic E-state index is 6.04. The Morgan fingerprint density at radius 1 is 0.833 bits per heavy atom. The van der Waals surface area contributed by atoms with E-state index < -0.39 is 0 Å². The van der Waals surface area contributed by atoms with Crippen molar-refractivity contribution in [2.24, 2.45) is 0 Å². The molecular weight excluding hydrogens is 318 g/mol. The monoisotopic (exact) mass is 355 g/mol. The van der Waals surface area contributed by atoms with Gasteiger partial charge in [-0.25, -0.2) is 0 Å². The van der Waals surface area contributed by atoms with Crippen LogP contribution in [0, 0.1) is 0 Å². The van der Waals surface area contributed by atoms with Gasteiger partial charge < -0.3 is 9.64 Å². The quantitative estimate of drug-likeness (QED) is 0.372. The normalized spacial score (nSPS) is 10.7. The number of nitrogens with zero attached hydrogens (tertiary/aromatic N) is 1. The number of hydrogen-bond donors (Lipinski definition) is 0. The van der Waals surface area contributed by atoms with Gasteiger partial charge in [0.1, 0.15) is 12.4 Å². The van der Waals surface area contributed by atoms with E-state index >= 15 is 0 Å². The largest absolute Gasteiger partial charge is 0.492 e. The number of likely N-dealkylation sites (N-methyl/N-ethyl adjacent to an activating group) is 1. The van der Waals surface area contributed by atoms with Gasteiger partial charge in [0.05, 0.1) is 0 Å². The molecule has 0 spiro atoms. The third-order valence-electron chi connectivity index (χ3n) is 4.58. The van der Waals surface area contributed by atoms with Crippen molar-refractivity contribution >= 4 is 12.4 Å². The first kappa shape index (κ1) is 23.3. The van der Waals surface area contributed by atoms with Crippen LogP contribution in [0.3, 0.4) is 0 Å². The van der Waals surface area contributed by atoms with Crippen LogP contribution < -0.4 is 4.74 Å². The van der Waals surface area contributed by atoms with E-state index in [1.165, 1.54) is 50.5 Å². The van der Waals surface area contributed by atoms with Crippen molar-refractivity contribution in [3.05, 3.63) is 29.8 Å². The fourth-order valence-electron chi connectivity index (χ4n) is 2.95. The second kappa shape index (κ2) is 15.8. The van der Waals surface area contributed by atoms with E-state index in [-0.39, 0.29) is 12.4 Å². The Hall–Kier alpha value is -0.730. The zero-order valence-electron chi connectivity index (χ0n) is 16.1. The lowest BCUT2D eigenvalue weighted by atomic mass is 10.0. The Kier molecular flexibility index (Phi) is 15.3. The van der Waals surface area contributed by atoms with Crippen LogP contribution in [0.25, 0.3) is 0 Å². The third kappa shape index (κ3) is 10.2. The molecule has 0 saturated carbocycles. The van der Waals surface area contributed by atoms with Gasteiger partial charge in [0.25, 0.3) is 0 Å². The summed E-state index contributed by atoms with van der Waals surface area (Å²) in [6, 6.07) is 8.57. The van der Waals surface area contributed by atoms with Gasteiger partial charge in [-0.3, -0.25) is 0 Å². The van der Waals surface area contributed by atoms with Crippen LogP contribution in [-0.2, 0) is 6.42 Å². The van der Waals surface area contributed by atoms with E-state index in [9.17, 15) is 0 Å². The van der Waals surface area contributed by atoms with Crippen molar-refractivity contribution in [2.75, 3.05) is 26.2 Å². The van der Waals surface area contributed by atoms with Crippen LogP contribution in [0.1, 0.15) is 71.3 Å². The number of unbranched alkanes of at least 4 members (excludes halogenated alkanes) is 6. The van der Waals surface area contributed by atoms with Crippen LogP contribution in [0.5, 0.6) is 5.75 Å². The average Bonchev–Trinajstić information content (AvgIpc) is 2.59. The smallest absolute Gasteiger partial charge is 0.122 e. The third-order valence-corrected chi connectivity index (χ3v) is 4.58. The van der Waals surface area contributed by atoms with E-state index in [1.54, 1.807) is 0 Å². The summed E-state index contributed by atoms with van der Waals surface area (Å²) in [5.41, 5.74) is 1.38. The lowest BCUT2D eigenvalue weighted by Crippen LogP contribution is -2.28. The van der Waals surface area contributed by atoms with Gasteiger partial charge in [-0.15, -0.1) is 12.4 Å². The van der Waals surface area contributed by atoms with Gasteiger partial charge in [0, 0.05) is 6.54 Å². The summed E-state index contributed by atoms with van der Waals surface area (Å²) in [6.07, 6.45) is 10.7. The predicted octanol–water partition coefficient (Wildman–Crippen LogP) is 6.12. The first-order valence-corrected chi connectivity index (χ1v) is 9.74. The van der Waals surface area contributed by atoms with Gasteiger partial charge in [0.15, 0.2) is 0 Å². The molecule has 3 heteroatoms. The molecule has 1 aromatic rings. The summed E-state index contributed by atoms with van der Waals surface area (Å²) in [4.78, 5) is 2.40. The fourth-order valence-corrected chi connectivity index (χ4v) is 2.95. The zero-order chi connectivity index (χ0) is 16.8. The predicted molar refractivity (Wildman–Crippen MR) is 109 cm³/mol. The number of halogens is 1. The zero-order valence-corrected chi connectivity index (χ0v) is 16.9. The number of benzene rings is 1. The number of para-hydroxylation sites is 1. The molecule has 1 aromatic carbocycles. The van der Waals surface area contributed by atoms with E-state index in [1.807, 2.05) is 0 Å². The second-order valence-electron chi connectivity index (χ2n) is 6.35. The molecule has 0 unspecified atom stereocenters. The van der Waals surface area contributed by atoms with Crippen molar-refractivity contribution in [3.63, 3.8) is 0 Å². The fraction of sp³-hybridized carbons (Fsp3) is 0.714. The molecule has 0 radical (unpaired) electrons. The maximum absolute atomic E-state index is 6.04. The topological polar surface area (TPSA) is 12.5 Å². The molecule has 0 amide bonds. The number of hydrogen-bond acceptors (Lipinski definition) is 2. The summed E-state index contributed by atoms with van der Waals surface area (Å²) in [6.45, 7) is 10.7. The lowest BCUT2D eigenvalue weighted by Gasteiger charge is -2.19. The van der Waals surface area contributed by atoms with Gasteiger partial charge in [-0.1, -0.05) is 77.5 Å². The van der Waals surface area contributed by atoms with Crippen LogP contribution in [-0.4, -0.2) is 31.1 Å². The van der Waals surface area contributed by atoms with Crippen LogP contribution in [0.2, 0.25) is 0 Å². The molecule has 140 valence electrons. The highest BCUT2D eigenvalue weighted by molar-refractivity contribution is 5.85. The summed E-state index contributed by atoms with van der Waals surface area (Å²) >= 11 is 0. The lowest BCUT2D eigenvalue weighted by molar-refractivity contribution is 0.221. The Labute approximate surface area is 156 Å². The first-order valence-electron chi connectivity index (χ1n) is 9.74. The molecule has 0 aromatic heterocycles. The molecule has 0 aliphatic rings. The van der Waals surface area contributed by atoms with Gasteiger partial charge in [-0.2, -0.15) is 0 Å². The molecule has 0 saturated heterocycles. The Bertz CT molecular complexity index is 393. The van der Waals surface area contributed by atoms with E-state index in [0.717, 1.165) is 38.4 Å². The molecular formula is C21H38ClNO. The van der Waals surface area contributed by atoms with E-state index in [2.05, 4.69) is 49.9 Å². The SMILES string of the molecule is CCCCCCCCCc1ccccc1OCCN(CC)CC.Cl. The van der Waals surface area contributed by atoms with Crippen LogP contribution >= 0.6 is 12.4 Å². The highest BCUT2D eigenvalue weighted by Gasteiger charge is 2.04. The average molecular weight is 356 g/mol. The summed E-state index contributed by atoms with van der Waals surface area (Å²) in [7, 11) is 0. The molecule has 0 N–H and O–H groups in total. The molecule has 0 aliphatic heterocycles. The van der Waals surface area contributed by atoms with Crippen molar-refractivity contribution in [1.29, 1.82) is 0 Å². The standard InChI is InChI=1S/C21H37NO.ClH/c1-4-7-8-9-10-11-12-15-20-16-13-14-17-21(20)23-19-18-22(5-2)6-3;/h13-14,16-17H,4-12,15,18-19H2,1-3H3;1H. The molecule has 0 bridgehead atoms. The van der Waals surface area contributed by atoms with Crippen LogP contribution in [0.4, 0.5) is 0 Å². The number of rotatable bonds is 14. The molecule has 0 atom stereocenters. The molecule has 2 nitrogen and oxygen atoms in total. The minimum atomic E-state index is 0. The Morgan fingerprint density at radius 2 is 1.46 bits per heavy atom.